The van der Waals surface area contributed by atoms with E-state index in [2.05, 4.69) is 36.2 Å². The van der Waals surface area contributed by atoms with Crippen molar-refractivity contribution in [3.8, 4) is 10.4 Å². The number of aliphatic hydroxyl groups excluding tert-OH is 2. The number of β-amino-alcohol motifs (C(OH)–C–C–N with tert-alkyl or cyclic N) is 1. The van der Waals surface area contributed by atoms with Crippen molar-refractivity contribution in [1.29, 1.82) is 0 Å². The summed E-state index contributed by atoms with van der Waals surface area (Å²) in [5.41, 5.74) is 7.01. The maximum Gasteiger partial charge on any atom is 0.410 e. The molecule has 1 saturated carbocycles. The third-order valence-electron chi connectivity index (χ3n) is 10.9. The van der Waals surface area contributed by atoms with Crippen LogP contribution in [-0.4, -0.2) is 84.9 Å². The number of amidine groups is 1. The second-order valence-corrected chi connectivity index (χ2v) is 19.1. The van der Waals surface area contributed by atoms with E-state index in [4.69, 9.17) is 9.73 Å². The summed E-state index contributed by atoms with van der Waals surface area (Å²) in [6.45, 7) is 13.3. The predicted molar refractivity (Wildman–Crippen MR) is 231 cm³/mol. The molecule has 12 nitrogen and oxygen atoms in total. The number of halogens is 1. The lowest BCUT2D eigenvalue weighted by molar-refractivity contribution is -0.123. The molecule has 3 N–H and O–H groups in total. The SMILES string of the molecule is CC(C)(C)OC(=O)N1C[C@H](O)CC1C1=NC(=O)[C@](C)(c2ccc(Br)cc2)C1.Cc1cscn1.Cc1ncsc1-c1ccc([C@]2(C)N=C(C3CC[C@H](O)C3)NC2=O)cc1. The lowest BCUT2D eigenvalue weighted by Gasteiger charge is -2.29. The van der Waals surface area contributed by atoms with E-state index in [0.717, 1.165) is 56.1 Å². The van der Waals surface area contributed by atoms with Gasteiger partial charge in [-0.05, 0) is 96.6 Å². The van der Waals surface area contributed by atoms with Crippen LogP contribution >= 0.6 is 38.6 Å². The number of hydrogen-bond acceptors (Lipinski definition) is 11. The number of thiazole rings is 2. The molecule has 2 unspecified atom stereocenters. The molecule has 1 aliphatic carbocycles. The summed E-state index contributed by atoms with van der Waals surface area (Å²) in [5, 5.41) is 24.8. The van der Waals surface area contributed by atoms with Gasteiger partial charge in [0.1, 0.15) is 11.4 Å². The molecule has 0 spiro atoms. The monoisotopic (exact) mass is 890 g/mol. The van der Waals surface area contributed by atoms with Crippen molar-refractivity contribution in [3.05, 3.63) is 91.9 Å². The topological polar surface area (TPSA) is 167 Å². The van der Waals surface area contributed by atoms with Crippen LogP contribution in [-0.2, 0) is 25.3 Å². The van der Waals surface area contributed by atoms with Crippen LogP contribution in [0, 0.1) is 19.8 Å². The van der Waals surface area contributed by atoms with Gasteiger partial charge in [-0.2, -0.15) is 0 Å². The third-order valence-corrected chi connectivity index (χ3v) is 13.1. The Hall–Kier alpha value is -4.15. The number of likely N-dealkylation sites (tertiary alicyclic amines) is 1. The van der Waals surface area contributed by atoms with Gasteiger partial charge in [0.05, 0.1) is 51.8 Å². The number of ether oxygens (including phenoxy) is 1. The number of hydrogen-bond donors (Lipinski definition) is 3. The fourth-order valence-electron chi connectivity index (χ4n) is 7.57. The molecule has 58 heavy (non-hydrogen) atoms. The molecule has 4 aliphatic rings. The van der Waals surface area contributed by atoms with Gasteiger partial charge in [0, 0.05) is 40.0 Å². The van der Waals surface area contributed by atoms with Crippen molar-refractivity contribution >= 4 is 68.1 Å². The van der Waals surface area contributed by atoms with Gasteiger partial charge in [0.15, 0.2) is 5.54 Å². The first-order chi connectivity index (χ1) is 27.4. The van der Waals surface area contributed by atoms with Crippen molar-refractivity contribution < 1.29 is 29.3 Å². The van der Waals surface area contributed by atoms with Gasteiger partial charge in [-0.25, -0.2) is 14.8 Å². The van der Waals surface area contributed by atoms with E-state index in [1.54, 1.807) is 43.4 Å². The summed E-state index contributed by atoms with van der Waals surface area (Å²) in [6.07, 6.45) is 1.69. The third kappa shape index (κ3) is 9.82. The molecule has 15 heteroatoms. The fraction of sp³-hybridized carbons (Fsp3) is 0.465. The molecule has 3 amide bonds. The van der Waals surface area contributed by atoms with Crippen LogP contribution in [0.4, 0.5) is 4.79 Å². The number of nitrogens with one attached hydrogen (secondary N) is 1. The number of rotatable bonds is 5. The Kier molecular flexibility index (Phi) is 13.2. The molecule has 6 atom stereocenters. The molecule has 308 valence electrons. The van der Waals surface area contributed by atoms with Gasteiger partial charge >= 0.3 is 6.09 Å². The van der Waals surface area contributed by atoms with Gasteiger partial charge in [0.25, 0.3) is 11.8 Å². The highest BCUT2D eigenvalue weighted by atomic mass is 79.9. The molecular formula is C43H51BrN6O6S2. The highest BCUT2D eigenvalue weighted by Crippen LogP contribution is 2.39. The van der Waals surface area contributed by atoms with Crippen LogP contribution in [0.1, 0.15) is 89.2 Å². The van der Waals surface area contributed by atoms with Crippen LogP contribution in [0.2, 0.25) is 0 Å². The average molecular weight is 892 g/mol. The molecule has 2 aromatic carbocycles. The van der Waals surface area contributed by atoms with Gasteiger partial charge in [0.2, 0.25) is 0 Å². The molecule has 2 aromatic heterocycles. The summed E-state index contributed by atoms with van der Waals surface area (Å²) in [4.78, 5) is 57.8. The Bertz CT molecular complexity index is 2170. The molecule has 0 radical (unpaired) electrons. The van der Waals surface area contributed by atoms with Crippen LogP contribution in [0.3, 0.4) is 0 Å². The van der Waals surface area contributed by atoms with Crippen molar-refractivity contribution in [3.63, 3.8) is 0 Å². The number of aliphatic imine (C=N–C) groups is 2. The zero-order chi connectivity index (χ0) is 42.0. The summed E-state index contributed by atoms with van der Waals surface area (Å²) in [7, 11) is 0. The highest BCUT2D eigenvalue weighted by Gasteiger charge is 2.48. The molecule has 3 aliphatic heterocycles. The molecule has 1 saturated heterocycles. The number of aliphatic hydroxyl groups is 2. The van der Waals surface area contributed by atoms with E-state index in [1.807, 2.05) is 92.6 Å². The van der Waals surface area contributed by atoms with Crippen LogP contribution in [0.5, 0.6) is 0 Å². The number of aryl methyl sites for hydroxylation is 2. The van der Waals surface area contributed by atoms with Crippen molar-refractivity contribution in [2.45, 2.75) is 115 Å². The van der Waals surface area contributed by atoms with Gasteiger partial charge < -0.3 is 20.3 Å². The first kappa shape index (κ1) is 43.4. The van der Waals surface area contributed by atoms with Crippen molar-refractivity contribution in [2.75, 3.05) is 6.54 Å². The van der Waals surface area contributed by atoms with Crippen LogP contribution in [0.25, 0.3) is 10.4 Å². The fourth-order valence-corrected chi connectivity index (χ4v) is 9.19. The molecule has 5 heterocycles. The molecule has 2 fully saturated rings. The van der Waals surface area contributed by atoms with E-state index in [1.165, 1.54) is 4.90 Å². The molecule has 0 bridgehead atoms. The normalized spacial score (nSPS) is 26.6. The Balaban J connectivity index is 0.000000171. The van der Waals surface area contributed by atoms with Crippen molar-refractivity contribution in [2.24, 2.45) is 15.9 Å². The van der Waals surface area contributed by atoms with Gasteiger partial charge in [-0.1, -0.05) is 52.3 Å². The number of nitrogens with zero attached hydrogens (tertiary/aromatic N) is 5. The molecule has 4 aromatic rings. The van der Waals surface area contributed by atoms with E-state index in [9.17, 15) is 24.6 Å². The maximum atomic E-state index is 12.7. The lowest BCUT2D eigenvalue weighted by atomic mass is 9.78. The smallest absolute Gasteiger partial charge is 0.410 e. The Morgan fingerprint density at radius 3 is 2.19 bits per heavy atom. The largest absolute Gasteiger partial charge is 0.444 e. The highest BCUT2D eigenvalue weighted by molar-refractivity contribution is 9.10. The lowest BCUT2D eigenvalue weighted by Crippen LogP contribution is -2.43. The summed E-state index contributed by atoms with van der Waals surface area (Å²) in [6, 6.07) is 15.2. The zero-order valence-electron chi connectivity index (χ0n) is 33.9. The number of carbonyl (C=O) groups is 3. The van der Waals surface area contributed by atoms with Gasteiger partial charge in [-0.15, -0.1) is 22.7 Å². The first-order valence-corrected chi connectivity index (χ1v) is 22.0. The summed E-state index contributed by atoms with van der Waals surface area (Å²) < 4.78 is 6.41. The maximum absolute atomic E-state index is 12.7. The Morgan fingerprint density at radius 1 is 0.948 bits per heavy atom. The van der Waals surface area contributed by atoms with E-state index in [-0.39, 0.29) is 30.4 Å². The summed E-state index contributed by atoms with van der Waals surface area (Å²) in [5.74, 6) is 0.572. The first-order valence-electron chi connectivity index (χ1n) is 19.4. The van der Waals surface area contributed by atoms with Crippen LogP contribution < -0.4 is 5.32 Å². The minimum atomic E-state index is -0.899. The Morgan fingerprint density at radius 2 is 1.64 bits per heavy atom. The van der Waals surface area contributed by atoms with Crippen LogP contribution in [0.15, 0.2) is 79.4 Å². The van der Waals surface area contributed by atoms with E-state index >= 15 is 0 Å². The number of benzene rings is 2. The van der Waals surface area contributed by atoms with E-state index < -0.39 is 34.8 Å². The molecular weight excluding hydrogens is 841 g/mol. The summed E-state index contributed by atoms with van der Waals surface area (Å²) >= 11 is 6.65. The second-order valence-electron chi connectivity index (χ2n) is 16.6. The van der Waals surface area contributed by atoms with Crippen molar-refractivity contribution in [1.82, 2.24) is 20.2 Å². The minimum Gasteiger partial charge on any atom is -0.444 e. The number of carbonyl (C=O) groups excluding carboxylic acids is 3. The quantitative estimate of drug-likeness (QED) is 0.182. The zero-order valence-corrected chi connectivity index (χ0v) is 37.1. The van der Waals surface area contributed by atoms with Gasteiger partial charge in [-0.3, -0.25) is 24.5 Å². The average Bonchev–Trinajstić information content (AvgIpc) is 4.04. The minimum absolute atomic E-state index is 0.0920. The molecule has 8 rings (SSSR count). The standard InChI is InChI=1S/C20H25BrN2O4.C19H21N3O2S.C4H5NS/c1-19(2,3)27-18(26)23-11-14(24)9-16(23)15-10-20(4,17(25)22-15)12-5-7-13(21)8-6-12;1-11-16(25-10-20-11)12-3-6-14(7-4-12)19(2)18(24)21-17(22-19)13-5-8-15(23)9-13;1-4-2-6-3-5-4/h5-8,14,16,24H,9-11H2,1-4H3;3-4,6-7,10,13,15,23H,5,8-9H2,1-2H3,(H,21,22,24);2-3H,1H3/t14-,16?,20+;13?,15-,19-;/m10./s1. The predicted octanol–water partition coefficient (Wildman–Crippen LogP) is 7.92. The second kappa shape index (κ2) is 17.6. The Labute approximate surface area is 356 Å². The number of aromatic nitrogens is 2. The van der Waals surface area contributed by atoms with E-state index in [0.29, 0.717) is 25.0 Å². The number of amides is 3.